The first-order valence-electron chi connectivity index (χ1n) is 6.04. The zero-order valence-electron chi connectivity index (χ0n) is 10.5. The number of aliphatic hydroxyl groups excluding tert-OH is 2. The molecule has 6 heteroatoms. The highest BCUT2D eigenvalue weighted by atomic mass is 16.5. The standard InChI is InChI=1S/C13H17N3O3/c14-11-3-4-12(15(6-8-17)7-9-18)13-10(11)2-1-5-16(13)19/h1-5,14,17-19H,6-9H2. The van der Waals surface area contributed by atoms with E-state index in [1.807, 2.05) is 0 Å². The molecule has 2 aliphatic rings. The molecule has 102 valence electrons. The van der Waals surface area contributed by atoms with Crippen molar-refractivity contribution in [1.82, 2.24) is 4.73 Å². The van der Waals surface area contributed by atoms with E-state index in [1.54, 1.807) is 29.2 Å². The second kappa shape index (κ2) is 5.73. The van der Waals surface area contributed by atoms with Gasteiger partial charge < -0.3 is 25.7 Å². The molecule has 0 aromatic rings. The Morgan fingerprint density at radius 2 is 1.79 bits per heavy atom. The highest BCUT2D eigenvalue weighted by Gasteiger charge is 2.17. The number of nitrogens with zero attached hydrogens (tertiary/aromatic N) is 2. The van der Waals surface area contributed by atoms with Crippen molar-refractivity contribution >= 4 is 5.69 Å². The molecule has 0 spiro atoms. The molecule has 0 atom stereocenters. The summed E-state index contributed by atoms with van der Waals surface area (Å²) in [5.74, 6) is 0. The molecule has 0 saturated carbocycles. The number of hydrogen-bond donors (Lipinski definition) is 4. The summed E-state index contributed by atoms with van der Waals surface area (Å²) in [6.45, 7) is 0.592. The third-order valence-electron chi connectivity index (χ3n) is 3.00. The molecular weight excluding hydrogens is 246 g/mol. The highest BCUT2D eigenvalue weighted by Crippen LogP contribution is 2.28. The summed E-state index contributed by atoms with van der Waals surface area (Å²) in [5.41, 5.74) is 1.79. The molecule has 2 rings (SSSR count). The number of fused-ring (bicyclic) bond motifs is 1. The average molecular weight is 263 g/mol. The summed E-state index contributed by atoms with van der Waals surface area (Å²) in [4.78, 5) is 1.77. The van der Waals surface area contributed by atoms with Gasteiger partial charge in [-0.1, -0.05) is 0 Å². The van der Waals surface area contributed by atoms with E-state index in [1.165, 1.54) is 6.20 Å². The van der Waals surface area contributed by atoms with Crippen molar-refractivity contribution in [3.63, 3.8) is 0 Å². The summed E-state index contributed by atoms with van der Waals surface area (Å²) in [6.07, 6.45) is 1.49. The quantitative estimate of drug-likeness (QED) is 0.576. The largest absolute Gasteiger partial charge is 0.428 e. The number of aromatic nitrogens is 1. The highest BCUT2D eigenvalue weighted by molar-refractivity contribution is 5.76. The zero-order valence-corrected chi connectivity index (χ0v) is 10.5. The van der Waals surface area contributed by atoms with Gasteiger partial charge in [0.25, 0.3) is 0 Å². The van der Waals surface area contributed by atoms with Crippen LogP contribution in [0.3, 0.4) is 0 Å². The number of hydrogen-bond acceptors (Lipinski definition) is 5. The van der Waals surface area contributed by atoms with E-state index in [9.17, 15) is 5.21 Å². The maximum absolute atomic E-state index is 9.94. The first-order valence-corrected chi connectivity index (χ1v) is 6.04. The number of nitrogens with one attached hydrogen (secondary N) is 1. The molecule has 0 saturated heterocycles. The third kappa shape index (κ3) is 2.54. The van der Waals surface area contributed by atoms with E-state index >= 15 is 0 Å². The van der Waals surface area contributed by atoms with Gasteiger partial charge in [0.1, 0.15) is 5.69 Å². The van der Waals surface area contributed by atoms with Crippen molar-refractivity contribution in [2.75, 3.05) is 31.2 Å². The third-order valence-corrected chi connectivity index (χ3v) is 3.00. The Balaban J connectivity index is 2.60. The normalized spacial score (nSPS) is 10.8. The van der Waals surface area contributed by atoms with Crippen LogP contribution in [0.5, 0.6) is 0 Å². The second-order valence-electron chi connectivity index (χ2n) is 4.18. The summed E-state index contributed by atoms with van der Waals surface area (Å²) in [5, 5.41) is 36.3. The van der Waals surface area contributed by atoms with E-state index < -0.39 is 0 Å². The molecule has 0 aromatic carbocycles. The number of rotatable bonds is 5. The monoisotopic (exact) mass is 263 g/mol. The Morgan fingerprint density at radius 3 is 2.42 bits per heavy atom. The number of aliphatic hydroxyl groups is 2. The Labute approximate surface area is 110 Å². The molecule has 6 nitrogen and oxygen atoms in total. The number of anilines is 1. The van der Waals surface area contributed by atoms with Crippen molar-refractivity contribution in [2.24, 2.45) is 0 Å². The maximum atomic E-state index is 9.94. The minimum atomic E-state index is -0.0532. The molecule has 1 aliphatic carbocycles. The minimum Gasteiger partial charge on any atom is -0.428 e. The topological polar surface area (TPSA) is 92.7 Å². The van der Waals surface area contributed by atoms with E-state index in [-0.39, 0.29) is 13.2 Å². The van der Waals surface area contributed by atoms with Gasteiger partial charge in [-0.2, -0.15) is 4.73 Å². The van der Waals surface area contributed by atoms with Crippen molar-refractivity contribution in [3.05, 3.63) is 35.8 Å². The van der Waals surface area contributed by atoms with Crippen LogP contribution in [0.4, 0.5) is 5.69 Å². The van der Waals surface area contributed by atoms with Crippen molar-refractivity contribution < 1.29 is 15.4 Å². The van der Waals surface area contributed by atoms with Crippen LogP contribution in [-0.4, -0.2) is 46.5 Å². The van der Waals surface area contributed by atoms with E-state index in [4.69, 9.17) is 15.6 Å². The lowest BCUT2D eigenvalue weighted by Gasteiger charge is -2.26. The number of pyridine rings is 1. The van der Waals surface area contributed by atoms with Gasteiger partial charge in [-0.15, -0.1) is 0 Å². The van der Waals surface area contributed by atoms with Gasteiger partial charge in [0.2, 0.25) is 0 Å². The average Bonchev–Trinajstić information content (AvgIpc) is 2.40. The lowest BCUT2D eigenvalue weighted by atomic mass is 10.1. The van der Waals surface area contributed by atoms with E-state index in [0.717, 1.165) is 4.73 Å². The molecule has 1 aliphatic heterocycles. The van der Waals surface area contributed by atoms with Gasteiger partial charge in [-0.25, -0.2) is 0 Å². The number of benzene rings is 1. The molecule has 0 aromatic heterocycles. The molecular formula is C13H17N3O3. The summed E-state index contributed by atoms with van der Waals surface area (Å²) in [7, 11) is 0. The smallest absolute Gasteiger partial charge is 0.112 e. The van der Waals surface area contributed by atoms with Crippen LogP contribution >= 0.6 is 0 Å². The molecule has 0 fully saturated rings. The molecule has 1 heterocycles. The van der Waals surface area contributed by atoms with Gasteiger partial charge in [0, 0.05) is 24.8 Å². The first-order chi connectivity index (χ1) is 9.19. The molecule has 0 radical (unpaired) electrons. The van der Waals surface area contributed by atoms with E-state index in [2.05, 4.69) is 0 Å². The first kappa shape index (κ1) is 13.4. The lowest BCUT2D eigenvalue weighted by Crippen LogP contribution is -2.31. The van der Waals surface area contributed by atoms with Crippen LogP contribution in [0.2, 0.25) is 0 Å². The van der Waals surface area contributed by atoms with Crippen LogP contribution in [0.1, 0.15) is 0 Å². The maximum Gasteiger partial charge on any atom is 0.112 e. The fourth-order valence-corrected chi connectivity index (χ4v) is 2.15. The Hall–Kier alpha value is -2.05. The van der Waals surface area contributed by atoms with Gasteiger partial charge in [-0.3, -0.25) is 0 Å². The molecule has 0 bridgehead atoms. The van der Waals surface area contributed by atoms with E-state index in [0.29, 0.717) is 35.4 Å². The Kier molecular flexibility index (Phi) is 4.03. The predicted octanol–water partition coefficient (Wildman–Crippen LogP) is 0.101. The summed E-state index contributed by atoms with van der Waals surface area (Å²) >= 11 is 0. The van der Waals surface area contributed by atoms with Crippen LogP contribution in [0.15, 0.2) is 30.5 Å². The van der Waals surface area contributed by atoms with Crippen molar-refractivity contribution in [2.45, 2.75) is 0 Å². The molecule has 19 heavy (non-hydrogen) atoms. The van der Waals surface area contributed by atoms with Gasteiger partial charge in [0.15, 0.2) is 0 Å². The predicted molar refractivity (Wildman–Crippen MR) is 70.5 cm³/mol. The fourth-order valence-electron chi connectivity index (χ4n) is 2.15. The van der Waals surface area contributed by atoms with Crippen LogP contribution < -0.4 is 10.3 Å². The van der Waals surface area contributed by atoms with Gasteiger partial charge >= 0.3 is 0 Å². The van der Waals surface area contributed by atoms with Crippen molar-refractivity contribution in [3.8, 4) is 11.3 Å². The van der Waals surface area contributed by atoms with Crippen LogP contribution in [0, 0.1) is 5.41 Å². The van der Waals surface area contributed by atoms with Gasteiger partial charge in [-0.05, 0) is 24.3 Å². The summed E-state index contributed by atoms with van der Waals surface area (Å²) in [6, 6.07) is 6.76. The fraction of sp³-hybridized carbons (Fsp3) is 0.308. The SMILES string of the molecule is N=c1ccc(N(CCO)CCO)c2n(O)cccc1-2. The molecule has 0 unspecified atom stereocenters. The molecule has 4 N–H and O–H groups in total. The van der Waals surface area contributed by atoms with Crippen LogP contribution in [-0.2, 0) is 0 Å². The van der Waals surface area contributed by atoms with Gasteiger partial charge in [0.05, 0.1) is 24.3 Å². The van der Waals surface area contributed by atoms with Crippen molar-refractivity contribution in [1.29, 1.82) is 5.41 Å². The summed E-state index contributed by atoms with van der Waals surface area (Å²) < 4.78 is 0.963. The minimum absolute atomic E-state index is 0.0532. The zero-order chi connectivity index (χ0) is 13.8. The lowest BCUT2D eigenvalue weighted by molar-refractivity contribution is 0.189. The Bertz CT molecular complexity index is 576. The van der Waals surface area contributed by atoms with Crippen LogP contribution in [0.25, 0.3) is 11.3 Å². The molecule has 0 amide bonds. The Morgan fingerprint density at radius 1 is 1.11 bits per heavy atom. The second-order valence-corrected chi connectivity index (χ2v) is 4.18.